The minimum Gasteiger partial charge on any atom is -0.488 e. The first-order chi connectivity index (χ1) is 16.9. The van der Waals surface area contributed by atoms with Crippen molar-refractivity contribution in [3.05, 3.63) is 54.4 Å². The molecule has 6 heterocycles. The van der Waals surface area contributed by atoms with Gasteiger partial charge in [-0.15, -0.1) is 0 Å². The lowest BCUT2D eigenvalue weighted by atomic mass is 9.92. The normalized spacial score (nSPS) is 22.5. The molecule has 2 aliphatic heterocycles. The van der Waals surface area contributed by atoms with Gasteiger partial charge in [-0.3, -0.25) is 9.88 Å². The number of pyridine rings is 2. The van der Waals surface area contributed by atoms with E-state index < -0.39 is 5.95 Å². The van der Waals surface area contributed by atoms with Crippen molar-refractivity contribution in [2.24, 2.45) is 7.05 Å². The Kier molecular flexibility index (Phi) is 5.42. The quantitative estimate of drug-likeness (QED) is 0.471. The molecule has 9 nitrogen and oxygen atoms in total. The van der Waals surface area contributed by atoms with E-state index in [4.69, 9.17) is 9.47 Å². The van der Waals surface area contributed by atoms with E-state index in [1.165, 1.54) is 10.7 Å². The van der Waals surface area contributed by atoms with Crippen LogP contribution < -0.4 is 10.1 Å². The molecule has 35 heavy (non-hydrogen) atoms. The summed E-state index contributed by atoms with van der Waals surface area (Å²) in [5, 5.41) is 11.7. The highest BCUT2D eigenvalue weighted by Crippen LogP contribution is 2.35. The Balaban J connectivity index is 1.27. The number of rotatable bonds is 5. The number of nitrogens with one attached hydrogen (secondary N) is 1. The highest BCUT2D eigenvalue weighted by molar-refractivity contribution is 5.75. The summed E-state index contributed by atoms with van der Waals surface area (Å²) in [6, 6.07) is 10.2. The molecule has 0 saturated carbocycles. The number of piperidine rings is 1. The lowest BCUT2D eigenvalue weighted by molar-refractivity contribution is -0.0879. The van der Waals surface area contributed by atoms with Crippen LogP contribution in [0.5, 0.6) is 5.75 Å². The van der Waals surface area contributed by atoms with Crippen molar-refractivity contribution in [3.63, 3.8) is 0 Å². The van der Waals surface area contributed by atoms with E-state index in [9.17, 15) is 4.39 Å². The topological polar surface area (TPSA) is 81.7 Å². The maximum atomic E-state index is 13.6. The summed E-state index contributed by atoms with van der Waals surface area (Å²) in [4.78, 5) is 6.94. The van der Waals surface area contributed by atoms with E-state index in [0.717, 1.165) is 54.1 Å². The van der Waals surface area contributed by atoms with Gasteiger partial charge in [-0.05, 0) is 37.7 Å². The monoisotopic (exact) mass is 477 g/mol. The van der Waals surface area contributed by atoms with Gasteiger partial charge in [-0.25, -0.2) is 9.20 Å². The van der Waals surface area contributed by atoms with Crippen molar-refractivity contribution < 1.29 is 13.9 Å². The van der Waals surface area contributed by atoms with Crippen molar-refractivity contribution in [1.82, 2.24) is 29.3 Å². The molecule has 1 N–H and O–H groups in total. The van der Waals surface area contributed by atoms with Gasteiger partial charge in [-0.1, -0.05) is 0 Å². The van der Waals surface area contributed by atoms with Gasteiger partial charge in [0.05, 0.1) is 24.9 Å². The van der Waals surface area contributed by atoms with Crippen LogP contribution in [0.2, 0.25) is 0 Å². The van der Waals surface area contributed by atoms with E-state index in [2.05, 4.69) is 44.6 Å². The van der Waals surface area contributed by atoms with E-state index in [1.807, 2.05) is 31.5 Å². The Bertz CT molecular complexity index is 1350. The smallest absolute Gasteiger partial charge is 0.213 e. The molecule has 182 valence electrons. The molecule has 0 radical (unpaired) electrons. The molecule has 0 aromatic carbocycles. The number of halogens is 1. The molecule has 3 atom stereocenters. The summed E-state index contributed by atoms with van der Waals surface area (Å²) in [7, 11) is 3.74. The van der Waals surface area contributed by atoms with Gasteiger partial charge >= 0.3 is 0 Å². The van der Waals surface area contributed by atoms with E-state index in [1.54, 1.807) is 11.6 Å². The fourth-order valence-electron chi connectivity index (χ4n) is 5.05. The van der Waals surface area contributed by atoms with E-state index in [-0.39, 0.29) is 6.10 Å². The number of morpholine rings is 1. The molecule has 0 spiro atoms. The SMILES string of the molecule is Cc1cc(-c2ccn3nc(Nc4cc(F)n(C)n4)cc3c2)c(O[C@H]2C[C@H]3COC[C@@H](C2)N3C)cn1. The number of anilines is 2. The van der Waals surface area contributed by atoms with Crippen molar-refractivity contribution in [3.8, 4) is 16.9 Å². The predicted octanol–water partition coefficient (Wildman–Crippen LogP) is 3.56. The standard InChI is InChI=1S/C25H28FN7O2/c1-15-6-21(22(12-27-15)35-20-8-18-13-34-14-19(9-20)31(18)2)16-4-5-33-17(7-16)10-24(30-33)28-25-11-23(26)32(3)29-25/h4-7,10-12,18-20H,8-9,13-14H2,1-3H3,(H,28,29,30)/t18-,19+,20-. The average molecular weight is 478 g/mol. The Hall–Kier alpha value is -3.50. The molecule has 2 saturated heterocycles. The third-order valence-electron chi connectivity index (χ3n) is 6.99. The molecule has 2 aliphatic rings. The zero-order valence-electron chi connectivity index (χ0n) is 20.0. The van der Waals surface area contributed by atoms with Crippen LogP contribution >= 0.6 is 0 Å². The summed E-state index contributed by atoms with van der Waals surface area (Å²) in [5.74, 6) is 1.36. The first-order valence-electron chi connectivity index (χ1n) is 11.8. The van der Waals surface area contributed by atoms with Gasteiger partial charge in [0.15, 0.2) is 11.6 Å². The van der Waals surface area contributed by atoms with Gasteiger partial charge < -0.3 is 14.8 Å². The molecule has 0 unspecified atom stereocenters. The summed E-state index contributed by atoms with van der Waals surface area (Å²) in [5.41, 5.74) is 3.84. The second kappa shape index (κ2) is 8.62. The molecular formula is C25H28FN7O2. The van der Waals surface area contributed by atoms with Gasteiger partial charge in [0, 0.05) is 61.6 Å². The molecule has 0 amide bonds. The van der Waals surface area contributed by atoms with E-state index >= 15 is 0 Å². The van der Waals surface area contributed by atoms with Crippen LogP contribution in [0.3, 0.4) is 0 Å². The first kappa shape index (κ1) is 22.0. The predicted molar refractivity (Wildman–Crippen MR) is 129 cm³/mol. The third kappa shape index (κ3) is 4.23. The first-order valence-corrected chi connectivity index (χ1v) is 11.8. The fourth-order valence-corrected chi connectivity index (χ4v) is 5.05. The van der Waals surface area contributed by atoms with Crippen LogP contribution in [0.4, 0.5) is 16.0 Å². The highest BCUT2D eigenvalue weighted by Gasteiger charge is 2.38. The molecule has 2 fully saturated rings. The number of hydrogen-bond acceptors (Lipinski definition) is 7. The zero-order chi connectivity index (χ0) is 24.1. The van der Waals surface area contributed by atoms with Crippen LogP contribution in [0.1, 0.15) is 18.5 Å². The van der Waals surface area contributed by atoms with Gasteiger partial charge in [0.1, 0.15) is 11.9 Å². The van der Waals surface area contributed by atoms with Crippen LogP contribution in [0.15, 0.2) is 42.7 Å². The minimum atomic E-state index is -0.417. The van der Waals surface area contributed by atoms with Crippen LogP contribution in [-0.4, -0.2) is 67.7 Å². The molecule has 2 bridgehead atoms. The summed E-state index contributed by atoms with van der Waals surface area (Å²) in [6.07, 6.45) is 5.74. The second-order valence-corrected chi connectivity index (χ2v) is 9.46. The van der Waals surface area contributed by atoms with Crippen molar-refractivity contribution in [2.75, 3.05) is 25.6 Å². The molecule has 6 rings (SSSR count). The number of ether oxygens (including phenoxy) is 2. The lowest BCUT2D eigenvalue weighted by Crippen LogP contribution is -2.57. The Morgan fingerprint density at radius 3 is 2.57 bits per heavy atom. The van der Waals surface area contributed by atoms with Gasteiger partial charge in [0.25, 0.3) is 0 Å². The van der Waals surface area contributed by atoms with Crippen LogP contribution in [0, 0.1) is 12.9 Å². The number of nitrogens with zero attached hydrogens (tertiary/aromatic N) is 6. The number of likely N-dealkylation sites (N-methyl/N-ethyl adjacent to an activating group) is 1. The summed E-state index contributed by atoms with van der Waals surface area (Å²) >= 11 is 0. The number of aromatic nitrogens is 5. The van der Waals surface area contributed by atoms with Crippen molar-refractivity contribution >= 4 is 17.2 Å². The Labute approximate surface area is 202 Å². The van der Waals surface area contributed by atoms with Gasteiger partial charge in [-0.2, -0.15) is 14.6 Å². The molecular weight excluding hydrogens is 449 g/mol. The van der Waals surface area contributed by atoms with E-state index in [0.29, 0.717) is 23.7 Å². The largest absolute Gasteiger partial charge is 0.488 e. The number of hydrogen-bond donors (Lipinski definition) is 1. The second-order valence-electron chi connectivity index (χ2n) is 9.46. The Morgan fingerprint density at radius 2 is 1.83 bits per heavy atom. The third-order valence-corrected chi connectivity index (χ3v) is 6.99. The average Bonchev–Trinajstić information content (AvgIpc) is 3.36. The molecule has 0 aliphatic carbocycles. The maximum Gasteiger partial charge on any atom is 0.213 e. The number of fused-ring (bicyclic) bond motifs is 3. The van der Waals surface area contributed by atoms with Gasteiger partial charge in [0.2, 0.25) is 5.95 Å². The van der Waals surface area contributed by atoms with Crippen LogP contribution in [-0.2, 0) is 11.8 Å². The highest BCUT2D eigenvalue weighted by atomic mass is 19.1. The maximum absolute atomic E-state index is 13.6. The fraction of sp³-hybridized carbons (Fsp3) is 0.400. The summed E-state index contributed by atoms with van der Waals surface area (Å²) in [6.45, 7) is 3.49. The van der Waals surface area contributed by atoms with Crippen LogP contribution in [0.25, 0.3) is 16.6 Å². The van der Waals surface area contributed by atoms with Crippen molar-refractivity contribution in [2.45, 2.75) is 38.0 Å². The molecule has 10 heteroatoms. The number of aryl methyl sites for hydroxylation is 2. The Morgan fingerprint density at radius 1 is 1.06 bits per heavy atom. The zero-order valence-corrected chi connectivity index (χ0v) is 20.0. The van der Waals surface area contributed by atoms with Crippen molar-refractivity contribution in [1.29, 1.82) is 0 Å². The minimum absolute atomic E-state index is 0.127. The lowest BCUT2D eigenvalue weighted by Gasteiger charge is -2.46. The summed E-state index contributed by atoms with van der Waals surface area (Å²) < 4.78 is 28.9. The molecule has 4 aromatic heterocycles. The molecule has 4 aromatic rings.